The summed E-state index contributed by atoms with van der Waals surface area (Å²) in [5.41, 5.74) is 5.91. The summed E-state index contributed by atoms with van der Waals surface area (Å²) in [6.45, 7) is 0. The van der Waals surface area contributed by atoms with E-state index in [1.165, 1.54) is 0 Å². The molecule has 1 heterocycles. The maximum Gasteiger partial charge on any atom is 0.307 e. The number of rotatable bonds is 1. The predicted molar refractivity (Wildman–Crippen MR) is 46.1 cm³/mol. The zero-order valence-corrected chi connectivity index (χ0v) is 7.51. The third kappa shape index (κ3) is 0.706. The molecule has 0 spiro atoms. The monoisotopic (exact) mass is 196 g/mol. The van der Waals surface area contributed by atoms with Crippen molar-refractivity contribution in [2.24, 2.45) is 29.4 Å². The van der Waals surface area contributed by atoms with E-state index >= 15 is 0 Å². The topological polar surface area (TPSA) is 92.4 Å². The van der Waals surface area contributed by atoms with Gasteiger partial charge >= 0.3 is 5.97 Å². The lowest BCUT2D eigenvalue weighted by Gasteiger charge is -2.27. The van der Waals surface area contributed by atoms with Gasteiger partial charge in [0.05, 0.1) is 11.8 Å². The van der Waals surface area contributed by atoms with Gasteiger partial charge in [0, 0.05) is 12.1 Å². The molecule has 2 aliphatic carbocycles. The van der Waals surface area contributed by atoms with Crippen molar-refractivity contribution in [3.63, 3.8) is 0 Å². The van der Waals surface area contributed by atoms with Crippen LogP contribution in [0, 0.1) is 23.7 Å². The number of aliphatic carboxylic acids is 1. The number of hydrogen-bond acceptors (Lipinski definition) is 3. The maximum absolute atomic E-state index is 11.5. The Labute approximate surface area is 80.6 Å². The van der Waals surface area contributed by atoms with Gasteiger partial charge in [0.15, 0.2) is 0 Å². The van der Waals surface area contributed by atoms with Crippen LogP contribution in [0.25, 0.3) is 0 Å². The first-order valence-corrected chi connectivity index (χ1v) is 4.90. The Morgan fingerprint density at radius 2 is 2.21 bits per heavy atom. The van der Waals surface area contributed by atoms with Crippen LogP contribution in [-0.2, 0) is 9.59 Å². The van der Waals surface area contributed by atoms with Gasteiger partial charge in [0.25, 0.3) is 0 Å². The second-order valence-electron chi connectivity index (χ2n) is 4.56. The van der Waals surface area contributed by atoms with E-state index in [1.54, 1.807) is 0 Å². The fraction of sp³-hybridized carbons (Fsp3) is 0.778. The van der Waals surface area contributed by atoms with Crippen LogP contribution in [-0.4, -0.2) is 29.1 Å². The van der Waals surface area contributed by atoms with Gasteiger partial charge in [-0.2, -0.15) is 0 Å². The van der Waals surface area contributed by atoms with Crippen molar-refractivity contribution in [2.75, 3.05) is 0 Å². The third-order valence-corrected chi connectivity index (χ3v) is 4.12. The number of carbonyl (C=O) groups excluding carboxylic acids is 1. The Hall–Kier alpha value is -1.10. The Morgan fingerprint density at radius 1 is 1.50 bits per heavy atom. The quantitative estimate of drug-likeness (QED) is 0.490. The molecule has 1 amide bonds. The highest BCUT2D eigenvalue weighted by molar-refractivity contribution is 5.89. The van der Waals surface area contributed by atoms with E-state index in [-0.39, 0.29) is 35.7 Å². The summed E-state index contributed by atoms with van der Waals surface area (Å²) in [4.78, 5) is 22.6. The smallest absolute Gasteiger partial charge is 0.307 e. The molecule has 1 saturated heterocycles. The third-order valence-electron chi connectivity index (χ3n) is 4.12. The summed E-state index contributed by atoms with van der Waals surface area (Å²) >= 11 is 0. The van der Waals surface area contributed by atoms with E-state index in [2.05, 4.69) is 5.32 Å². The molecule has 2 saturated carbocycles. The van der Waals surface area contributed by atoms with Gasteiger partial charge in [-0.1, -0.05) is 0 Å². The molecule has 0 aromatic carbocycles. The van der Waals surface area contributed by atoms with Crippen LogP contribution in [0.4, 0.5) is 0 Å². The minimum absolute atomic E-state index is 0.00792. The van der Waals surface area contributed by atoms with Crippen molar-refractivity contribution in [2.45, 2.75) is 18.5 Å². The Morgan fingerprint density at radius 3 is 2.86 bits per heavy atom. The van der Waals surface area contributed by atoms with Gasteiger partial charge in [-0.15, -0.1) is 0 Å². The standard InChI is InChI=1S/C9H12N2O3/c10-6-2-1-3-4(5(2)9(13)14)8(12)11-7(3)6/h2-7H,1,10H2,(H,11,12)(H,13,14)/t2-,3+,4+,5+,6-,7-/m0/s1. The lowest BCUT2D eigenvalue weighted by Crippen LogP contribution is -2.47. The van der Waals surface area contributed by atoms with E-state index in [0.29, 0.717) is 0 Å². The van der Waals surface area contributed by atoms with Gasteiger partial charge in [-0.05, 0) is 18.3 Å². The van der Waals surface area contributed by atoms with Crippen LogP contribution in [0.15, 0.2) is 0 Å². The van der Waals surface area contributed by atoms with E-state index in [4.69, 9.17) is 10.8 Å². The van der Waals surface area contributed by atoms with Crippen molar-refractivity contribution in [1.82, 2.24) is 5.32 Å². The highest BCUT2D eigenvalue weighted by atomic mass is 16.4. The van der Waals surface area contributed by atoms with Crippen molar-refractivity contribution in [3.05, 3.63) is 0 Å². The lowest BCUT2D eigenvalue weighted by molar-refractivity contribution is -0.147. The second-order valence-corrected chi connectivity index (χ2v) is 4.56. The molecule has 2 bridgehead atoms. The molecule has 1 aliphatic heterocycles. The summed E-state index contributed by atoms with van der Waals surface area (Å²) in [6.07, 6.45) is 0.798. The maximum atomic E-state index is 11.5. The Balaban J connectivity index is 2.04. The largest absolute Gasteiger partial charge is 0.481 e. The second kappa shape index (κ2) is 2.28. The van der Waals surface area contributed by atoms with E-state index in [1.807, 2.05) is 0 Å². The molecule has 3 aliphatic rings. The summed E-state index contributed by atoms with van der Waals surface area (Å²) in [5, 5.41) is 11.9. The minimum Gasteiger partial charge on any atom is -0.481 e. The average molecular weight is 196 g/mol. The fourth-order valence-corrected chi connectivity index (χ4v) is 3.62. The molecule has 0 radical (unpaired) electrons. The van der Waals surface area contributed by atoms with Crippen LogP contribution < -0.4 is 11.1 Å². The summed E-state index contributed by atoms with van der Waals surface area (Å²) < 4.78 is 0. The Kier molecular flexibility index (Phi) is 1.34. The molecule has 3 fully saturated rings. The van der Waals surface area contributed by atoms with E-state index in [9.17, 15) is 9.59 Å². The summed E-state index contributed by atoms with van der Waals surface area (Å²) in [7, 11) is 0. The lowest BCUT2D eigenvalue weighted by atomic mass is 9.78. The van der Waals surface area contributed by atoms with Gasteiger partial charge in [0.1, 0.15) is 0 Å². The predicted octanol–water partition coefficient (Wildman–Crippen LogP) is -1.22. The van der Waals surface area contributed by atoms with Crippen LogP contribution in [0.5, 0.6) is 0 Å². The molecule has 14 heavy (non-hydrogen) atoms. The SMILES string of the molecule is N[C@H]1[C@H]2C[C@H]3[C@@H]1NC(=O)[C@H]3[C@@H]2C(=O)O. The Bertz CT molecular complexity index is 330. The number of amides is 1. The molecule has 6 atom stereocenters. The zero-order valence-electron chi connectivity index (χ0n) is 7.51. The molecule has 0 aromatic rings. The van der Waals surface area contributed by atoms with Gasteiger partial charge in [-0.25, -0.2) is 0 Å². The number of nitrogens with one attached hydrogen (secondary N) is 1. The molecule has 5 heteroatoms. The summed E-state index contributed by atoms with van der Waals surface area (Å²) in [6, 6.07) is -0.128. The first kappa shape index (κ1) is 8.23. The number of carboxylic acids is 1. The molecule has 76 valence electrons. The van der Waals surface area contributed by atoms with Crippen LogP contribution >= 0.6 is 0 Å². The molecule has 5 nitrogen and oxygen atoms in total. The van der Waals surface area contributed by atoms with Crippen molar-refractivity contribution in [3.8, 4) is 0 Å². The molecule has 3 rings (SSSR count). The highest BCUT2D eigenvalue weighted by Gasteiger charge is 2.65. The minimum atomic E-state index is -0.867. The first-order valence-electron chi connectivity index (χ1n) is 4.90. The number of carbonyl (C=O) groups is 2. The zero-order chi connectivity index (χ0) is 10.0. The van der Waals surface area contributed by atoms with Crippen LogP contribution in [0.2, 0.25) is 0 Å². The van der Waals surface area contributed by atoms with Gasteiger partial charge in [-0.3, -0.25) is 9.59 Å². The van der Waals surface area contributed by atoms with Crippen LogP contribution in [0.1, 0.15) is 6.42 Å². The van der Waals surface area contributed by atoms with E-state index < -0.39 is 11.9 Å². The number of carboxylic acid groups (broad SMARTS) is 1. The number of fused-ring (bicyclic) bond motifs is 1. The molecule has 0 unspecified atom stereocenters. The van der Waals surface area contributed by atoms with Crippen LogP contribution in [0.3, 0.4) is 0 Å². The fourth-order valence-electron chi connectivity index (χ4n) is 3.62. The molecular weight excluding hydrogens is 184 g/mol. The van der Waals surface area contributed by atoms with Gasteiger partial charge in [0.2, 0.25) is 5.91 Å². The van der Waals surface area contributed by atoms with Crippen molar-refractivity contribution in [1.29, 1.82) is 0 Å². The molecule has 4 N–H and O–H groups in total. The normalized spacial score (nSPS) is 53.6. The summed E-state index contributed by atoms with van der Waals surface area (Å²) in [5.74, 6) is -1.68. The average Bonchev–Trinajstić information content (AvgIpc) is 2.67. The highest BCUT2D eigenvalue weighted by Crippen LogP contribution is 2.54. The molecular formula is C9H12N2O3. The van der Waals surface area contributed by atoms with Gasteiger partial charge < -0.3 is 16.2 Å². The first-order chi connectivity index (χ1) is 6.61. The molecule has 0 aromatic heterocycles. The number of hydrogen-bond donors (Lipinski definition) is 3. The van der Waals surface area contributed by atoms with Crippen molar-refractivity contribution >= 4 is 11.9 Å². The number of nitrogens with two attached hydrogens (primary N) is 1. The van der Waals surface area contributed by atoms with Crippen molar-refractivity contribution < 1.29 is 14.7 Å². The van der Waals surface area contributed by atoms with E-state index in [0.717, 1.165) is 6.42 Å².